The molecule has 0 nitrogen and oxygen atoms in total. The lowest BCUT2D eigenvalue weighted by atomic mass is 9.90. The first kappa shape index (κ1) is 6.54. The minimum absolute atomic E-state index is 0.778. The highest BCUT2D eigenvalue weighted by molar-refractivity contribution is 6.24. The Balaban J connectivity index is 3.82. The van der Waals surface area contributed by atoms with Crippen LogP contribution in [0.2, 0.25) is 0 Å². The summed E-state index contributed by atoms with van der Waals surface area (Å²) in [6, 6.07) is 0. The number of rotatable bonds is 1. The molecule has 0 aliphatic rings. The fraction of sp³-hybridized carbons (Fsp3) is 0.333. The van der Waals surface area contributed by atoms with Crippen LogP contribution in [0.25, 0.3) is 0 Å². The molecule has 0 aromatic heterocycles. The van der Waals surface area contributed by atoms with Crippen molar-refractivity contribution in [2.45, 2.75) is 13.8 Å². The van der Waals surface area contributed by atoms with Crippen LogP contribution in [-0.2, 0) is 0 Å². The predicted octanol–water partition coefficient (Wildman–Crippen LogP) is 1.63. The lowest BCUT2D eigenvalue weighted by Crippen LogP contribution is -1.78. The Bertz CT molecular complexity index is 101. The van der Waals surface area contributed by atoms with Crippen LogP contribution in [0.15, 0.2) is 23.7 Å². The molecule has 0 aliphatic heterocycles. The van der Waals surface area contributed by atoms with Crippen molar-refractivity contribution in [3.05, 3.63) is 23.7 Å². The van der Waals surface area contributed by atoms with E-state index in [1.807, 2.05) is 19.9 Å². The molecule has 0 bridgehead atoms. The summed E-state index contributed by atoms with van der Waals surface area (Å²) in [5, 5.41) is 0. The van der Waals surface area contributed by atoms with E-state index in [1.165, 1.54) is 0 Å². The summed E-state index contributed by atoms with van der Waals surface area (Å²) in [7, 11) is 5.38. The lowest BCUT2D eigenvalue weighted by molar-refractivity contribution is 1.50. The smallest absolute Gasteiger partial charge is 0.0986 e. The van der Waals surface area contributed by atoms with Gasteiger partial charge in [-0.15, -0.1) is 0 Å². The van der Waals surface area contributed by atoms with Gasteiger partial charge >= 0.3 is 0 Å². The van der Waals surface area contributed by atoms with Crippen molar-refractivity contribution >= 4 is 7.85 Å². The van der Waals surface area contributed by atoms with Gasteiger partial charge in [-0.3, -0.25) is 0 Å². The fourth-order valence-electron chi connectivity index (χ4n) is 0.246. The summed E-state index contributed by atoms with van der Waals surface area (Å²) in [6.45, 7) is 7.41. The number of hydrogen-bond acceptors (Lipinski definition) is 0. The molecular weight excluding hydrogens is 82.9 g/mol. The number of allylic oxidation sites excluding steroid dienone is 3. The van der Waals surface area contributed by atoms with Gasteiger partial charge in [0.1, 0.15) is 7.85 Å². The van der Waals surface area contributed by atoms with Crippen molar-refractivity contribution in [2.24, 2.45) is 0 Å². The van der Waals surface area contributed by atoms with Crippen LogP contribution in [-0.4, -0.2) is 7.85 Å². The molecule has 0 unspecified atom stereocenters. The van der Waals surface area contributed by atoms with E-state index in [0.717, 1.165) is 11.0 Å². The fourth-order valence-corrected chi connectivity index (χ4v) is 0.246. The van der Waals surface area contributed by atoms with Gasteiger partial charge in [-0.25, -0.2) is 0 Å². The predicted molar refractivity (Wildman–Crippen MR) is 34.3 cm³/mol. The molecule has 36 valence electrons. The molecule has 0 rings (SSSR count). The van der Waals surface area contributed by atoms with E-state index in [9.17, 15) is 0 Å². The maximum atomic E-state index is 5.38. The van der Waals surface area contributed by atoms with E-state index in [0.29, 0.717) is 0 Å². The highest BCUT2D eigenvalue weighted by Crippen LogP contribution is 1.98. The third kappa shape index (κ3) is 2.27. The first-order valence-corrected chi connectivity index (χ1v) is 2.26. The van der Waals surface area contributed by atoms with Crippen LogP contribution in [0.3, 0.4) is 0 Å². The summed E-state index contributed by atoms with van der Waals surface area (Å²) in [6.07, 6.45) is 1.84. The normalized spacial score (nSPS) is 11.4. The SMILES string of the molecule is [B]/C(=C/C)C(=C)C. The molecular formula is C6H9B. The van der Waals surface area contributed by atoms with Gasteiger partial charge in [-0.2, -0.15) is 0 Å². The van der Waals surface area contributed by atoms with Crippen molar-refractivity contribution in [1.82, 2.24) is 0 Å². The van der Waals surface area contributed by atoms with E-state index >= 15 is 0 Å². The first-order chi connectivity index (χ1) is 3.18. The maximum Gasteiger partial charge on any atom is 0.113 e. The van der Waals surface area contributed by atoms with Crippen LogP contribution >= 0.6 is 0 Å². The van der Waals surface area contributed by atoms with Gasteiger partial charge in [0.05, 0.1) is 0 Å². The van der Waals surface area contributed by atoms with Gasteiger partial charge in [0, 0.05) is 0 Å². The molecule has 2 radical (unpaired) electrons. The highest BCUT2D eigenvalue weighted by Gasteiger charge is 1.81. The van der Waals surface area contributed by atoms with Gasteiger partial charge < -0.3 is 0 Å². The molecule has 0 spiro atoms. The maximum absolute atomic E-state index is 5.38. The monoisotopic (exact) mass is 92.1 g/mol. The van der Waals surface area contributed by atoms with Crippen LogP contribution in [0.5, 0.6) is 0 Å². The highest BCUT2D eigenvalue weighted by atomic mass is 13.8. The van der Waals surface area contributed by atoms with Crippen molar-refractivity contribution < 1.29 is 0 Å². The summed E-state index contributed by atoms with van der Waals surface area (Å²) in [5.74, 6) is 0. The second-order valence-electron chi connectivity index (χ2n) is 1.52. The first-order valence-electron chi connectivity index (χ1n) is 2.26. The average molecular weight is 92.0 g/mol. The second kappa shape index (κ2) is 2.67. The van der Waals surface area contributed by atoms with Crippen LogP contribution in [0.4, 0.5) is 0 Å². The van der Waals surface area contributed by atoms with E-state index in [1.54, 1.807) is 0 Å². The van der Waals surface area contributed by atoms with Gasteiger partial charge in [0.15, 0.2) is 0 Å². The van der Waals surface area contributed by atoms with Gasteiger partial charge in [0.2, 0.25) is 0 Å². The van der Waals surface area contributed by atoms with Crippen molar-refractivity contribution in [3.8, 4) is 0 Å². The molecule has 0 aliphatic carbocycles. The summed E-state index contributed by atoms with van der Waals surface area (Å²) in [4.78, 5) is 0. The van der Waals surface area contributed by atoms with Gasteiger partial charge in [0.25, 0.3) is 0 Å². The molecule has 0 heterocycles. The zero-order valence-corrected chi connectivity index (χ0v) is 4.86. The molecule has 7 heavy (non-hydrogen) atoms. The molecule has 0 fully saturated rings. The van der Waals surface area contributed by atoms with Crippen molar-refractivity contribution in [1.29, 1.82) is 0 Å². The lowest BCUT2D eigenvalue weighted by Gasteiger charge is -1.92. The quantitative estimate of drug-likeness (QED) is 0.340. The summed E-state index contributed by atoms with van der Waals surface area (Å²) in [5.41, 5.74) is 1.71. The molecule has 0 amide bonds. The minimum Gasteiger partial charge on any atom is -0.0986 e. The van der Waals surface area contributed by atoms with Crippen LogP contribution < -0.4 is 0 Å². The van der Waals surface area contributed by atoms with E-state index in [4.69, 9.17) is 7.85 Å². The third-order valence-electron chi connectivity index (χ3n) is 0.804. The zero-order chi connectivity index (χ0) is 5.86. The van der Waals surface area contributed by atoms with Gasteiger partial charge in [-0.1, -0.05) is 23.7 Å². The Morgan fingerprint density at radius 1 is 1.71 bits per heavy atom. The largest absolute Gasteiger partial charge is 0.113 e. The number of hydrogen-bond donors (Lipinski definition) is 0. The zero-order valence-electron chi connectivity index (χ0n) is 4.86. The summed E-state index contributed by atoms with van der Waals surface area (Å²) >= 11 is 0. The molecule has 0 atom stereocenters. The molecule has 0 N–H and O–H groups in total. The second-order valence-corrected chi connectivity index (χ2v) is 1.52. The van der Waals surface area contributed by atoms with E-state index < -0.39 is 0 Å². The average Bonchev–Trinajstić information content (AvgIpc) is 1.65. The Morgan fingerprint density at radius 3 is 2.14 bits per heavy atom. The van der Waals surface area contributed by atoms with Crippen LogP contribution in [0.1, 0.15) is 13.8 Å². The molecule has 0 aromatic rings. The molecule has 0 saturated carbocycles. The van der Waals surface area contributed by atoms with E-state index in [2.05, 4.69) is 6.58 Å². The molecule has 1 heteroatoms. The Labute approximate surface area is 46.3 Å². The third-order valence-corrected chi connectivity index (χ3v) is 0.804. The van der Waals surface area contributed by atoms with Crippen LogP contribution in [0, 0.1) is 0 Å². The Kier molecular flexibility index (Phi) is 2.50. The van der Waals surface area contributed by atoms with Crippen molar-refractivity contribution in [3.63, 3.8) is 0 Å². The molecule has 0 aromatic carbocycles. The standard InChI is InChI=1S/C6H9B/c1-4-6(7)5(2)3/h4H,2H2,1,3H3/b6-4+. The van der Waals surface area contributed by atoms with E-state index in [-0.39, 0.29) is 0 Å². The summed E-state index contributed by atoms with van der Waals surface area (Å²) < 4.78 is 0. The topological polar surface area (TPSA) is 0 Å². The Hall–Kier alpha value is -0.455. The van der Waals surface area contributed by atoms with Gasteiger partial charge in [-0.05, 0) is 13.8 Å². The Morgan fingerprint density at radius 2 is 2.14 bits per heavy atom. The molecule has 0 saturated heterocycles. The minimum atomic E-state index is 0.778. The van der Waals surface area contributed by atoms with Crippen molar-refractivity contribution in [2.75, 3.05) is 0 Å².